The van der Waals surface area contributed by atoms with Gasteiger partial charge in [-0.1, -0.05) is 42.5 Å². The molecule has 0 saturated carbocycles. The van der Waals surface area contributed by atoms with Gasteiger partial charge in [0.05, 0.1) is 22.9 Å². The average molecular weight is 494 g/mol. The molecule has 1 aromatic heterocycles. The Hall–Kier alpha value is -3.74. The maximum absolute atomic E-state index is 12.0. The zero-order chi connectivity index (χ0) is 25.7. The number of piperazine rings is 1. The van der Waals surface area contributed by atoms with Gasteiger partial charge in [0.1, 0.15) is 9.84 Å². The van der Waals surface area contributed by atoms with Crippen LogP contribution in [0.3, 0.4) is 0 Å². The first-order chi connectivity index (χ1) is 16.7. The maximum Gasteiger partial charge on any atom is 0.255 e. The number of pyridine rings is 1. The van der Waals surface area contributed by atoms with Crippen molar-refractivity contribution in [3.05, 3.63) is 95.3 Å². The largest absolute Gasteiger partial charge is 0.397 e. The minimum Gasteiger partial charge on any atom is -0.397 e. The highest BCUT2D eigenvalue weighted by atomic mass is 32.2. The van der Waals surface area contributed by atoms with Crippen LogP contribution in [0.4, 0.5) is 5.69 Å². The number of rotatable bonds is 3. The Bertz CT molecular complexity index is 1230. The van der Waals surface area contributed by atoms with Crippen molar-refractivity contribution in [1.82, 2.24) is 15.2 Å². The van der Waals surface area contributed by atoms with E-state index >= 15 is 0 Å². The molecule has 1 amide bonds. The number of nitriles is 1. The molecule has 0 bridgehead atoms. The third-order valence-electron chi connectivity index (χ3n) is 4.72. The molecule has 1 aliphatic heterocycles. The van der Waals surface area contributed by atoms with Crippen molar-refractivity contribution in [2.24, 2.45) is 0 Å². The lowest BCUT2D eigenvalue weighted by molar-refractivity contribution is 0.0735. The number of benzene rings is 2. The second-order valence-electron chi connectivity index (χ2n) is 8.17. The fraction of sp³-hybridized carbons (Fsp3) is 0.269. The quantitative estimate of drug-likeness (QED) is 0.573. The van der Waals surface area contributed by atoms with Crippen molar-refractivity contribution in [3.8, 4) is 6.07 Å². The topological polar surface area (TPSA) is 129 Å². The van der Waals surface area contributed by atoms with Crippen molar-refractivity contribution < 1.29 is 13.2 Å². The Labute approximate surface area is 207 Å². The van der Waals surface area contributed by atoms with Gasteiger partial charge in [0.2, 0.25) is 0 Å². The summed E-state index contributed by atoms with van der Waals surface area (Å²) in [6.07, 6.45) is 6.30. The molecule has 35 heavy (non-hydrogen) atoms. The van der Waals surface area contributed by atoms with E-state index in [1.807, 2.05) is 47.4 Å². The molecule has 2 aromatic carbocycles. The lowest BCUT2D eigenvalue weighted by Gasteiger charge is -2.27. The van der Waals surface area contributed by atoms with E-state index < -0.39 is 9.84 Å². The van der Waals surface area contributed by atoms with Crippen LogP contribution in [0.25, 0.3) is 0 Å². The summed E-state index contributed by atoms with van der Waals surface area (Å²) in [7, 11) is -2.67. The molecule has 1 aliphatic rings. The summed E-state index contributed by atoms with van der Waals surface area (Å²) >= 11 is 0. The van der Waals surface area contributed by atoms with E-state index in [4.69, 9.17) is 11.0 Å². The van der Waals surface area contributed by atoms with Gasteiger partial charge in [0, 0.05) is 51.1 Å². The molecular weight excluding hydrogens is 462 g/mol. The van der Waals surface area contributed by atoms with Gasteiger partial charge in [-0.25, -0.2) is 8.42 Å². The van der Waals surface area contributed by atoms with Crippen molar-refractivity contribution in [2.45, 2.75) is 6.42 Å². The molecule has 4 rings (SSSR count). The number of sulfone groups is 1. The Morgan fingerprint density at radius 1 is 1.03 bits per heavy atom. The molecule has 1 fully saturated rings. The molecule has 184 valence electrons. The maximum atomic E-state index is 12.0. The molecule has 8 nitrogen and oxygen atoms in total. The van der Waals surface area contributed by atoms with E-state index in [1.54, 1.807) is 12.3 Å². The van der Waals surface area contributed by atoms with Gasteiger partial charge in [-0.05, 0) is 35.7 Å². The molecule has 9 heteroatoms. The van der Waals surface area contributed by atoms with E-state index in [0.717, 1.165) is 50.7 Å². The van der Waals surface area contributed by atoms with Crippen LogP contribution in [0.15, 0.2) is 73.1 Å². The minimum atomic E-state index is -2.67. The van der Waals surface area contributed by atoms with E-state index in [9.17, 15) is 13.2 Å². The summed E-state index contributed by atoms with van der Waals surface area (Å²) in [6, 6.07) is 21.8. The first-order valence-corrected chi connectivity index (χ1v) is 13.3. The van der Waals surface area contributed by atoms with Crippen LogP contribution in [-0.4, -0.2) is 62.9 Å². The number of hydrogen-bond donors (Lipinski definition) is 2. The van der Waals surface area contributed by atoms with Crippen molar-refractivity contribution in [1.29, 1.82) is 5.26 Å². The fourth-order valence-electron chi connectivity index (χ4n) is 3.21. The third-order valence-corrected chi connectivity index (χ3v) is 4.72. The van der Waals surface area contributed by atoms with Crippen LogP contribution in [0.1, 0.15) is 27.0 Å². The van der Waals surface area contributed by atoms with Crippen LogP contribution in [0, 0.1) is 11.3 Å². The molecular formula is C26H31N5O3S. The van der Waals surface area contributed by atoms with E-state index in [-0.39, 0.29) is 5.91 Å². The summed E-state index contributed by atoms with van der Waals surface area (Å²) in [5.74, 6) is 0.0105. The monoisotopic (exact) mass is 493 g/mol. The van der Waals surface area contributed by atoms with Crippen LogP contribution < -0.4 is 11.1 Å². The number of nitrogens with zero attached hydrogens (tertiary/aromatic N) is 3. The summed E-state index contributed by atoms with van der Waals surface area (Å²) in [4.78, 5) is 17.7. The van der Waals surface area contributed by atoms with E-state index in [1.165, 1.54) is 17.3 Å². The molecule has 3 aromatic rings. The van der Waals surface area contributed by atoms with Gasteiger partial charge in [-0.3, -0.25) is 9.78 Å². The van der Waals surface area contributed by atoms with Crippen molar-refractivity contribution in [2.75, 3.05) is 44.4 Å². The van der Waals surface area contributed by atoms with Gasteiger partial charge in [-0.2, -0.15) is 5.26 Å². The van der Waals surface area contributed by atoms with E-state index in [0.29, 0.717) is 11.3 Å². The molecule has 0 spiro atoms. The SMILES string of the molecule is CS(C)(=O)=O.N#Cc1cccc(Cc2ccccc2)c1.Nc1cncc(C(=O)N2CCNCC2)c1. The van der Waals surface area contributed by atoms with Crippen molar-refractivity contribution >= 4 is 21.4 Å². The zero-order valence-corrected chi connectivity index (χ0v) is 20.8. The molecule has 0 atom stereocenters. The summed E-state index contributed by atoms with van der Waals surface area (Å²) in [5.41, 5.74) is 9.85. The molecule has 0 unspecified atom stereocenters. The number of nitrogens with two attached hydrogens (primary N) is 1. The lowest BCUT2D eigenvalue weighted by atomic mass is 10.0. The molecule has 2 heterocycles. The van der Waals surface area contributed by atoms with Gasteiger partial charge >= 0.3 is 0 Å². The number of anilines is 1. The summed E-state index contributed by atoms with van der Waals surface area (Å²) in [6.45, 7) is 3.18. The normalized spacial score (nSPS) is 12.8. The Balaban J connectivity index is 0.000000208. The standard InChI is InChI=1S/C14H11N.C10H14N4O.C2H6O2S/c15-11-14-8-4-7-13(10-14)9-12-5-2-1-3-6-12;11-9-5-8(6-13-7-9)10(15)14-3-1-12-2-4-14;1-5(2,3)4/h1-8,10H,9H2;5-7,12H,1-4,11H2;1-2H3. The van der Waals surface area contributed by atoms with Crippen LogP contribution in [-0.2, 0) is 16.3 Å². The first kappa shape index (κ1) is 27.5. The number of hydrogen-bond acceptors (Lipinski definition) is 7. The summed E-state index contributed by atoms with van der Waals surface area (Å²) < 4.78 is 19.3. The Kier molecular flexibility index (Phi) is 10.9. The molecule has 0 aliphatic carbocycles. The van der Waals surface area contributed by atoms with E-state index in [2.05, 4.69) is 28.5 Å². The number of nitrogen functional groups attached to an aromatic ring is 1. The van der Waals surface area contributed by atoms with Crippen molar-refractivity contribution in [3.63, 3.8) is 0 Å². The minimum absolute atomic E-state index is 0.0105. The van der Waals surface area contributed by atoms with Gasteiger partial charge in [-0.15, -0.1) is 0 Å². The van der Waals surface area contributed by atoms with Crippen LogP contribution in [0.2, 0.25) is 0 Å². The number of carbonyl (C=O) groups excluding carboxylic acids is 1. The Morgan fingerprint density at radius 3 is 2.26 bits per heavy atom. The number of aromatic nitrogens is 1. The molecule has 3 N–H and O–H groups in total. The third kappa shape index (κ3) is 11.3. The van der Waals surface area contributed by atoms with Crippen LogP contribution >= 0.6 is 0 Å². The first-order valence-electron chi connectivity index (χ1n) is 11.0. The second-order valence-corrected chi connectivity index (χ2v) is 10.5. The van der Waals surface area contributed by atoms with Gasteiger partial charge < -0.3 is 16.0 Å². The van der Waals surface area contributed by atoms with Crippen LogP contribution in [0.5, 0.6) is 0 Å². The molecule has 1 saturated heterocycles. The molecule has 0 radical (unpaired) electrons. The smallest absolute Gasteiger partial charge is 0.255 e. The predicted molar refractivity (Wildman–Crippen MR) is 139 cm³/mol. The number of carbonyl (C=O) groups is 1. The number of amides is 1. The summed E-state index contributed by atoms with van der Waals surface area (Å²) in [5, 5.41) is 12.0. The number of nitrogens with one attached hydrogen (secondary N) is 1. The zero-order valence-electron chi connectivity index (χ0n) is 20.0. The highest BCUT2D eigenvalue weighted by Gasteiger charge is 2.17. The fourth-order valence-corrected chi connectivity index (χ4v) is 3.21. The average Bonchev–Trinajstić information content (AvgIpc) is 2.84. The van der Waals surface area contributed by atoms with Gasteiger partial charge in [0.15, 0.2) is 0 Å². The predicted octanol–water partition coefficient (Wildman–Crippen LogP) is 2.52. The second kappa shape index (κ2) is 13.8. The lowest BCUT2D eigenvalue weighted by Crippen LogP contribution is -2.46. The Morgan fingerprint density at radius 2 is 1.66 bits per heavy atom. The highest BCUT2D eigenvalue weighted by Crippen LogP contribution is 2.11. The van der Waals surface area contributed by atoms with Gasteiger partial charge in [0.25, 0.3) is 5.91 Å². The highest BCUT2D eigenvalue weighted by molar-refractivity contribution is 7.89.